The number of hydrogen-bond acceptors (Lipinski definition) is 3. The average Bonchev–Trinajstić information content (AvgIpc) is 2.70. The van der Waals surface area contributed by atoms with Crippen LogP contribution in [0, 0.1) is 22.7 Å². The fourth-order valence-electron chi connectivity index (χ4n) is 2.49. The van der Waals surface area contributed by atoms with Gasteiger partial charge in [-0.1, -0.05) is 6.92 Å². The monoisotopic (exact) mass is 391 g/mol. The summed E-state index contributed by atoms with van der Waals surface area (Å²) in [5.41, 5.74) is -0.601. The summed E-state index contributed by atoms with van der Waals surface area (Å²) in [4.78, 5) is 0.866. The molecule has 1 unspecified atom stereocenters. The molecule has 1 N–H and O–H groups in total. The lowest BCUT2D eigenvalue weighted by Gasteiger charge is -2.36. The van der Waals surface area contributed by atoms with Gasteiger partial charge in [-0.3, -0.25) is 0 Å². The highest BCUT2D eigenvalue weighted by atomic mass is 79.9. The lowest BCUT2D eigenvalue weighted by molar-refractivity contribution is 0.0291. The van der Waals surface area contributed by atoms with Crippen LogP contribution in [-0.2, 0) is 0 Å². The molecule has 0 amide bonds. The van der Waals surface area contributed by atoms with Gasteiger partial charge in [-0.05, 0) is 69.5 Å². The van der Waals surface area contributed by atoms with Crippen molar-refractivity contribution in [3.8, 4) is 6.07 Å². The second-order valence-electron chi connectivity index (χ2n) is 5.12. The molecule has 1 aromatic heterocycles. The Bertz CT molecular complexity index is 452. The minimum absolute atomic E-state index is 0.601. The highest BCUT2D eigenvalue weighted by Crippen LogP contribution is 2.49. The molecule has 0 radical (unpaired) electrons. The number of halogens is 2. The van der Waals surface area contributed by atoms with E-state index < -0.39 is 11.5 Å². The third-order valence-electron chi connectivity index (χ3n) is 3.85. The number of nitriles is 1. The molecule has 1 atom stereocenters. The van der Waals surface area contributed by atoms with Gasteiger partial charge < -0.3 is 5.11 Å². The van der Waals surface area contributed by atoms with Gasteiger partial charge in [0.25, 0.3) is 0 Å². The predicted molar refractivity (Wildman–Crippen MR) is 80.4 cm³/mol. The second kappa shape index (κ2) is 5.62. The van der Waals surface area contributed by atoms with Crippen molar-refractivity contribution >= 4 is 43.2 Å². The quantitative estimate of drug-likeness (QED) is 0.767. The maximum Gasteiger partial charge on any atom is 0.107 e. The highest BCUT2D eigenvalue weighted by molar-refractivity contribution is 9.13. The molecular weight excluding hydrogens is 378 g/mol. The van der Waals surface area contributed by atoms with E-state index in [1.165, 1.54) is 11.3 Å². The molecule has 1 saturated carbocycles. The smallest absolute Gasteiger partial charge is 0.107 e. The van der Waals surface area contributed by atoms with Crippen LogP contribution in [-0.4, -0.2) is 5.11 Å². The number of nitrogens with zero attached hydrogens (tertiary/aromatic N) is 1. The summed E-state index contributed by atoms with van der Waals surface area (Å²) < 4.78 is 1.91. The molecule has 18 heavy (non-hydrogen) atoms. The number of aliphatic hydroxyl groups excluding tert-OH is 1. The Morgan fingerprint density at radius 1 is 1.50 bits per heavy atom. The van der Waals surface area contributed by atoms with Crippen LogP contribution in [0.5, 0.6) is 0 Å². The van der Waals surface area contributed by atoms with E-state index in [4.69, 9.17) is 0 Å². The second-order valence-corrected chi connectivity index (χ2v) is 8.38. The molecule has 1 aliphatic carbocycles. The van der Waals surface area contributed by atoms with Crippen LogP contribution < -0.4 is 0 Å². The van der Waals surface area contributed by atoms with Crippen molar-refractivity contribution in [3.63, 3.8) is 0 Å². The van der Waals surface area contributed by atoms with Crippen molar-refractivity contribution < 1.29 is 5.11 Å². The SMILES string of the molecule is CC1CCC(C#N)(C(O)c2cc(Br)c(Br)s2)CC1. The fraction of sp³-hybridized carbons (Fsp3) is 0.615. The molecule has 0 saturated heterocycles. The van der Waals surface area contributed by atoms with Gasteiger partial charge in [0, 0.05) is 9.35 Å². The van der Waals surface area contributed by atoms with Gasteiger partial charge in [-0.2, -0.15) is 5.26 Å². The molecule has 1 fully saturated rings. The Balaban J connectivity index is 2.25. The van der Waals surface area contributed by atoms with Crippen LogP contribution in [0.1, 0.15) is 43.6 Å². The summed E-state index contributed by atoms with van der Waals surface area (Å²) in [6.07, 6.45) is 2.96. The summed E-state index contributed by atoms with van der Waals surface area (Å²) in [5.74, 6) is 0.667. The molecule has 0 spiro atoms. The summed E-state index contributed by atoms with van der Waals surface area (Å²) in [6.45, 7) is 2.21. The molecular formula is C13H15Br2NOS. The average molecular weight is 393 g/mol. The zero-order valence-corrected chi connectivity index (χ0v) is 14.1. The molecule has 2 nitrogen and oxygen atoms in total. The predicted octanol–water partition coefficient (Wildman–Crippen LogP) is 5.03. The van der Waals surface area contributed by atoms with E-state index in [9.17, 15) is 10.4 Å². The first kappa shape index (κ1) is 14.5. The standard InChI is InChI=1S/C13H15Br2NOS/c1-8-2-4-13(7-16,5-3-8)11(17)10-6-9(14)12(15)18-10/h6,8,11,17H,2-5H2,1H3. The molecule has 0 aromatic carbocycles. The van der Waals surface area contributed by atoms with E-state index in [1.54, 1.807) is 0 Å². The van der Waals surface area contributed by atoms with Gasteiger partial charge in [0.15, 0.2) is 0 Å². The Morgan fingerprint density at radius 2 is 2.11 bits per heavy atom. The van der Waals surface area contributed by atoms with Crippen molar-refractivity contribution in [3.05, 3.63) is 19.2 Å². The van der Waals surface area contributed by atoms with Gasteiger partial charge in [-0.15, -0.1) is 11.3 Å². The van der Waals surface area contributed by atoms with Gasteiger partial charge >= 0.3 is 0 Å². The maximum absolute atomic E-state index is 10.6. The van der Waals surface area contributed by atoms with Crippen LogP contribution in [0.4, 0.5) is 0 Å². The van der Waals surface area contributed by atoms with Crippen LogP contribution >= 0.6 is 43.2 Å². The maximum atomic E-state index is 10.6. The molecule has 5 heteroatoms. The highest BCUT2D eigenvalue weighted by Gasteiger charge is 2.42. The minimum Gasteiger partial charge on any atom is -0.386 e. The zero-order valence-electron chi connectivity index (χ0n) is 10.1. The number of hydrogen-bond donors (Lipinski definition) is 1. The minimum atomic E-state index is -0.678. The largest absolute Gasteiger partial charge is 0.386 e. The Morgan fingerprint density at radius 3 is 2.56 bits per heavy atom. The Kier molecular flexibility index (Phi) is 4.53. The lowest BCUT2D eigenvalue weighted by atomic mass is 9.68. The first-order chi connectivity index (χ1) is 8.48. The molecule has 1 aliphatic rings. The fourth-order valence-corrected chi connectivity index (χ4v) is 4.69. The summed E-state index contributed by atoms with van der Waals surface area (Å²) in [7, 11) is 0. The van der Waals surface area contributed by atoms with Gasteiger partial charge in [0.05, 0.1) is 15.3 Å². The van der Waals surface area contributed by atoms with E-state index in [1.807, 2.05) is 6.07 Å². The third kappa shape index (κ3) is 2.67. The Labute approximate surface area is 128 Å². The molecule has 98 valence electrons. The van der Waals surface area contributed by atoms with E-state index >= 15 is 0 Å². The molecule has 0 aliphatic heterocycles. The molecule has 0 bridgehead atoms. The van der Waals surface area contributed by atoms with Crippen molar-refractivity contribution in [2.45, 2.75) is 38.7 Å². The van der Waals surface area contributed by atoms with Crippen molar-refractivity contribution in [2.75, 3.05) is 0 Å². The van der Waals surface area contributed by atoms with Gasteiger partial charge in [0.2, 0.25) is 0 Å². The van der Waals surface area contributed by atoms with Crippen LogP contribution in [0.15, 0.2) is 14.3 Å². The number of aliphatic hydroxyl groups is 1. The zero-order chi connectivity index (χ0) is 13.3. The molecule has 2 rings (SSSR count). The van der Waals surface area contributed by atoms with Crippen LogP contribution in [0.2, 0.25) is 0 Å². The topological polar surface area (TPSA) is 44.0 Å². The first-order valence-electron chi connectivity index (χ1n) is 6.02. The van der Waals surface area contributed by atoms with Crippen molar-refractivity contribution in [2.24, 2.45) is 11.3 Å². The summed E-state index contributed by atoms with van der Waals surface area (Å²) in [6, 6.07) is 4.30. The molecule has 1 heterocycles. The van der Waals surface area contributed by atoms with Crippen molar-refractivity contribution in [1.82, 2.24) is 0 Å². The van der Waals surface area contributed by atoms with E-state index in [0.29, 0.717) is 5.92 Å². The number of rotatable bonds is 2. The van der Waals surface area contributed by atoms with Gasteiger partial charge in [-0.25, -0.2) is 0 Å². The van der Waals surface area contributed by atoms with Crippen molar-refractivity contribution in [1.29, 1.82) is 5.26 Å². The third-order valence-corrected chi connectivity index (χ3v) is 7.15. The Hall–Kier alpha value is 0.110. The summed E-state index contributed by atoms with van der Waals surface area (Å²) >= 11 is 8.36. The number of thiophene rings is 1. The molecule has 1 aromatic rings. The van der Waals surface area contributed by atoms with E-state index in [-0.39, 0.29) is 0 Å². The first-order valence-corrected chi connectivity index (χ1v) is 8.43. The normalized spacial score (nSPS) is 29.8. The van der Waals surface area contributed by atoms with E-state index in [0.717, 1.165) is 38.8 Å². The lowest BCUT2D eigenvalue weighted by Crippen LogP contribution is -2.31. The van der Waals surface area contributed by atoms with Crippen LogP contribution in [0.25, 0.3) is 0 Å². The van der Waals surface area contributed by atoms with Crippen LogP contribution in [0.3, 0.4) is 0 Å². The van der Waals surface area contributed by atoms with E-state index in [2.05, 4.69) is 44.9 Å². The summed E-state index contributed by atoms with van der Waals surface area (Å²) in [5, 5.41) is 20.1. The van der Waals surface area contributed by atoms with Gasteiger partial charge in [0.1, 0.15) is 6.10 Å².